The number of hydrogen-bond donors (Lipinski definition) is 0. The Kier molecular flexibility index (Phi) is 7.80. The molecule has 0 atom stereocenters. The number of rotatable bonds is 7. The highest BCUT2D eigenvalue weighted by Crippen LogP contribution is 2.21. The first kappa shape index (κ1) is 22.4. The van der Waals surface area contributed by atoms with Crippen LogP contribution >= 0.6 is 0 Å². The van der Waals surface area contributed by atoms with Gasteiger partial charge in [-0.2, -0.15) is 0 Å². The van der Waals surface area contributed by atoms with E-state index in [0.717, 1.165) is 56.4 Å². The Hall–Kier alpha value is -2.83. The van der Waals surface area contributed by atoms with Gasteiger partial charge in [0.1, 0.15) is 5.75 Å². The highest BCUT2D eigenvalue weighted by atomic mass is 16.5. The molecule has 0 radical (unpaired) electrons. The quantitative estimate of drug-likeness (QED) is 0.610. The van der Waals surface area contributed by atoms with E-state index in [2.05, 4.69) is 39.1 Å². The minimum atomic E-state index is 0.0763. The molecule has 2 fully saturated rings. The molecule has 172 valence electrons. The van der Waals surface area contributed by atoms with Gasteiger partial charge in [0.05, 0.1) is 6.61 Å². The molecule has 2 aliphatic heterocycles. The Morgan fingerprint density at radius 3 is 1.97 bits per heavy atom. The monoisotopic (exact) mass is 437 g/mol. The third-order valence-corrected chi connectivity index (χ3v) is 6.33. The fraction of sp³-hybridized carbons (Fsp3) is 0.560. The van der Waals surface area contributed by atoms with Crippen LogP contribution in [0.1, 0.15) is 55.8 Å². The van der Waals surface area contributed by atoms with E-state index in [4.69, 9.17) is 4.74 Å². The molecule has 1 aromatic carbocycles. The summed E-state index contributed by atoms with van der Waals surface area (Å²) < 4.78 is 5.70. The van der Waals surface area contributed by atoms with E-state index in [1.54, 1.807) is 0 Å². The molecule has 32 heavy (non-hydrogen) atoms. The van der Waals surface area contributed by atoms with Crippen LogP contribution in [0.4, 0.5) is 11.6 Å². The van der Waals surface area contributed by atoms with Crippen molar-refractivity contribution in [3.63, 3.8) is 0 Å². The predicted octanol–water partition coefficient (Wildman–Crippen LogP) is 4.00. The lowest BCUT2D eigenvalue weighted by Gasteiger charge is -2.35. The van der Waals surface area contributed by atoms with E-state index in [1.165, 1.54) is 25.7 Å². The SMILES string of the molecule is CCCCOc1ccc(C(=O)N2CCN(c3ccc(N4CCCCCC4)nn3)CC2)cc1. The second-order valence-electron chi connectivity index (χ2n) is 8.66. The summed E-state index contributed by atoms with van der Waals surface area (Å²) in [5, 5.41) is 8.99. The maximum absolute atomic E-state index is 12.9. The first-order valence-corrected chi connectivity index (χ1v) is 12.1. The summed E-state index contributed by atoms with van der Waals surface area (Å²) in [5.74, 6) is 2.77. The molecule has 0 bridgehead atoms. The Balaban J connectivity index is 1.28. The molecule has 3 heterocycles. The first-order valence-electron chi connectivity index (χ1n) is 12.1. The molecule has 0 spiro atoms. The Bertz CT molecular complexity index is 840. The summed E-state index contributed by atoms with van der Waals surface area (Å²) in [7, 11) is 0. The Morgan fingerprint density at radius 1 is 0.812 bits per heavy atom. The van der Waals surface area contributed by atoms with Crippen LogP contribution in [0.15, 0.2) is 36.4 Å². The summed E-state index contributed by atoms with van der Waals surface area (Å²) in [5.41, 5.74) is 0.711. The molecule has 7 heteroatoms. The number of piperazine rings is 1. The van der Waals surface area contributed by atoms with Crippen molar-refractivity contribution in [1.29, 1.82) is 0 Å². The van der Waals surface area contributed by atoms with E-state index >= 15 is 0 Å². The zero-order valence-corrected chi connectivity index (χ0v) is 19.2. The lowest BCUT2D eigenvalue weighted by Crippen LogP contribution is -2.49. The number of ether oxygens (including phenoxy) is 1. The highest BCUT2D eigenvalue weighted by Gasteiger charge is 2.23. The number of anilines is 2. The molecule has 1 aromatic heterocycles. The van der Waals surface area contributed by atoms with Crippen LogP contribution in [0.3, 0.4) is 0 Å². The van der Waals surface area contributed by atoms with Crippen LogP contribution in [0.25, 0.3) is 0 Å². The molecule has 0 unspecified atom stereocenters. The lowest BCUT2D eigenvalue weighted by atomic mass is 10.1. The molecule has 4 rings (SSSR count). The van der Waals surface area contributed by atoms with E-state index in [0.29, 0.717) is 25.3 Å². The van der Waals surface area contributed by atoms with Crippen LogP contribution in [0, 0.1) is 0 Å². The lowest BCUT2D eigenvalue weighted by molar-refractivity contribution is 0.0746. The van der Waals surface area contributed by atoms with Gasteiger partial charge < -0.3 is 19.4 Å². The number of aromatic nitrogens is 2. The van der Waals surface area contributed by atoms with E-state index in [9.17, 15) is 4.79 Å². The van der Waals surface area contributed by atoms with Gasteiger partial charge in [-0.05, 0) is 55.7 Å². The molecule has 7 nitrogen and oxygen atoms in total. The molecule has 0 aliphatic carbocycles. The number of benzene rings is 1. The summed E-state index contributed by atoms with van der Waals surface area (Å²) in [6.45, 7) is 7.90. The molecule has 2 saturated heterocycles. The molecule has 0 N–H and O–H groups in total. The van der Waals surface area contributed by atoms with Crippen molar-refractivity contribution in [3.05, 3.63) is 42.0 Å². The van der Waals surface area contributed by atoms with Gasteiger partial charge in [-0.25, -0.2) is 0 Å². The topological polar surface area (TPSA) is 61.8 Å². The number of hydrogen-bond acceptors (Lipinski definition) is 6. The summed E-state index contributed by atoms with van der Waals surface area (Å²) >= 11 is 0. The van der Waals surface area contributed by atoms with Crippen molar-refractivity contribution in [2.24, 2.45) is 0 Å². The van der Waals surface area contributed by atoms with E-state index in [1.807, 2.05) is 29.2 Å². The van der Waals surface area contributed by atoms with Gasteiger partial charge in [0.15, 0.2) is 11.6 Å². The standard InChI is InChI=1S/C25H35N5O2/c1-2-3-20-32-22-10-8-21(9-11-22)25(31)30-18-16-29(17-19-30)24-13-12-23(26-27-24)28-14-6-4-5-7-15-28/h8-13H,2-7,14-20H2,1H3. The van der Waals surface area contributed by atoms with Crippen LogP contribution in [0.5, 0.6) is 5.75 Å². The normalized spacial score (nSPS) is 17.2. The number of nitrogens with zero attached hydrogens (tertiary/aromatic N) is 5. The summed E-state index contributed by atoms with van der Waals surface area (Å²) in [6, 6.07) is 11.7. The Morgan fingerprint density at radius 2 is 1.41 bits per heavy atom. The Labute approximate surface area is 191 Å². The minimum Gasteiger partial charge on any atom is -0.494 e. The fourth-order valence-electron chi connectivity index (χ4n) is 4.30. The van der Waals surface area contributed by atoms with Gasteiger partial charge in [0.25, 0.3) is 5.91 Å². The van der Waals surface area contributed by atoms with E-state index < -0.39 is 0 Å². The van der Waals surface area contributed by atoms with Crippen molar-refractivity contribution in [2.75, 3.05) is 55.7 Å². The van der Waals surface area contributed by atoms with Gasteiger partial charge >= 0.3 is 0 Å². The van der Waals surface area contributed by atoms with Crippen molar-refractivity contribution >= 4 is 17.5 Å². The second kappa shape index (κ2) is 11.2. The third kappa shape index (κ3) is 5.69. The molecular formula is C25H35N5O2. The van der Waals surface area contributed by atoms with Crippen LogP contribution < -0.4 is 14.5 Å². The fourth-order valence-corrected chi connectivity index (χ4v) is 4.30. The molecule has 1 amide bonds. The molecule has 2 aliphatic rings. The predicted molar refractivity (Wildman–Crippen MR) is 128 cm³/mol. The van der Waals surface area contributed by atoms with Gasteiger partial charge in [-0.3, -0.25) is 4.79 Å². The summed E-state index contributed by atoms with van der Waals surface area (Å²) in [4.78, 5) is 19.4. The smallest absolute Gasteiger partial charge is 0.253 e. The van der Waals surface area contributed by atoms with Crippen LogP contribution in [-0.4, -0.2) is 66.9 Å². The number of carbonyl (C=O) groups excluding carboxylic acids is 1. The van der Waals surface area contributed by atoms with Crippen LogP contribution in [-0.2, 0) is 0 Å². The van der Waals surface area contributed by atoms with Crippen molar-refractivity contribution in [1.82, 2.24) is 15.1 Å². The number of unbranched alkanes of at least 4 members (excludes halogenated alkanes) is 1. The van der Waals surface area contributed by atoms with Gasteiger partial charge in [-0.1, -0.05) is 26.2 Å². The van der Waals surface area contributed by atoms with Crippen molar-refractivity contribution in [2.45, 2.75) is 45.4 Å². The van der Waals surface area contributed by atoms with Crippen molar-refractivity contribution < 1.29 is 9.53 Å². The van der Waals surface area contributed by atoms with E-state index in [-0.39, 0.29) is 5.91 Å². The zero-order chi connectivity index (χ0) is 22.2. The molecule has 0 saturated carbocycles. The molecule has 2 aromatic rings. The summed E-state index contributed by atoms with van der Waals surface area (Å²) in [6.07, 6.45) is 7.22. The second-order valence-corrected chi connectivity index (χ2v) is 8.66. The van der Waals surface area contributed by atoms with Crippen LogP contribution in [0.2, 0.25) is 0 Å². The first-order chi connectivity index (χ1) is 15.7. The maximum atomic E-state index is 12.9. The average molecular weight is 438 g/mol. The minimum absolute atomic E-state index is 0.0763. The largest absolute Gasteiger partial charge is 0.494 e. The van der Waals surface area contributed by atoms with Gasteiger partial charge in [-0.15, -0.1) is 10.2 Å². The number of amides is 1. The molecular weight excluding hydrogens is 402 g/mol. The van der Waals surface area contributed by atoms with Gasteiger partial charge in [0.2, 0.25) is 0 Å². The average Bonchev–Trinajstić information content (AvgIpc) is 3.14. The highest BCUT2D eigenvalue weighted by molar-refractivity contribution is 5.94. The van der Waals surface area contributed by atoms with Gasteiger partial charge in [0, 0.05) is 44.8 Å². The third-order valence-electron chi connectivity index (χ3n) is 6.33. The number of carbonyl (C=O) groups is 1. The zero-order valence-electron chi connectivity index (χ0n) is 19.2. The maximum Gasteiger partial charge on any atom is 0.253 e. The van der Waals surface area contributed by atoms with Crippen molar-refractivity contribution in [3.8, 4) is 5.75 Å².